The molecule has 2 unspecified atom stereocenters. The van der Waals surface area contributed by atoms with Crippen molar-refractivity contribution >= 4 is 0 Å². The minimum atomic E-state index is 0.521. The summed E-state index contributed by atoms with van der Waals surface area (Å²) in [4.78, 5) is 0. The SMILES string of the molecule is NC1CC12CCCC21CCOCC1. The van der Waals surface area contributed by atoms with Crippen LogP contribution in [0.5, 0.6) is 0 Å². The fourth-order valence-electron chi connectivity index (χ4n) is 4.00. The molecule has 2 nitrogen and oxygen atoms in total. The Balaban J connectivity index is 1.88. The van der Waals surface area contributed by atoms with Gasteiger partial charge < -0.3 is 10.5 Å². The van der Waals surface area contributed by atoms with Crippen LogP contribution in [0.25, 0.3) is 0 Å². The molecular weight excluding hydrogens is 162 g/mol. The van der Waals surface area contributed by atoms with Gasteiger partial charge in [0.25, 0.3) is 0 Å². The largest absolute Gasteiger partial charge is 0.381 e. The molecule has 3 fully saturated rings. The van der Waals surface area contributed by atoms with Crippen molar-refractivity contribution in [3.63, 3.8) is 0 Å². The molecule has 0 aromatic rings. The lowest BCUT2D eigenvalue weighted by atomic mass is 9.69. The highest BCUT2D eigenvalue weighted by atomic mass is 16.5. The predicted molar refractivity (Wildman–Crippen MR) is 51.4 cm³/mol. The van der Waals surface area contributed by atoms with Crippen molar-refractivity contribution in [1.82, 2.24) is 0 Å². The minimum Gasteiger partial charge on any atom is -0.381 e. The molecule has 1 heterocycles. The summed E-state index contributed by atoms with van der Waals surface area (Å²) in [7, 11) is 0. The Morgan fingerprint density at radius 3 is 2.38 bits per heavy atom. The Labute approximate surface area is 79.8 Å². The lowest BCUT2D eigenvalue weighted by molar-refractivity contribution is -0.0151. The molecular formula is C11H19NO. The van der Waals surface area contributed by atoms with E-state index in [9.17, 15) is 0 Å². The van der Waals surface area contributed by atoms with E-state index >= 15 is 0 Å². The quantitative estimate of drug-likeness (QED) is 0.617. The maximum atomic E-state index is 6.13. The van der Waals surface area contributed by atoms with Crippen LogP contribution in [0.15, 0.2) is 0 Å². The molecule has 3 rings (SSSR count). The van der Waals surface area contributed by atoms with E-state index in [1.54, 1.807) is 0 Å². The van der Waals surface area contributed by atoms with Gasteiger partial charge in [0.15, 0.2) is 0 Å². The van der Waals surface area contributed by atoms with Gasteiger partial charge in [-0.05, 0) is 42.9 Å². The molecule has 3 aliphatic rings. The second kappa shape index (κ2) is 2.48. The van der Waals surface area contributed by atoms with E-state index in [1.165, 1.54) is 38.5 Å². The van der Waals surface area contributed by atoms with E-state index in [0.29, 0.717) is 16.9 Å². The van der Waals surface area contributed by atoms with Crippen LogP contribution in [0.3, 0.4) is 0 Å². The zero-order valence-corrected chi connectivity index (χ0v) is 8.22. The van der Waals surface area contributed by atoms with Gasteiger partial charge in [0.1, 0.15) is 0 Å². The van der Waals surface area contributed by atoms with Crippen LogP contribution >= 0.6 is 0 Å². The molecule has 13 heavy (non-hydrogen) atoms. The van der Waals surface area contributed by atoms with E-state index in [1.807, 2.05) is 0 Å². The van der Waals surface area contributed by atoms with E-state index in [0.717, 1.165) is 13.2 Å². The van der Waals surface area contributed by atoms with Crippen molar-refractivity contribution in [3.8, 4) is 0 Å². The van der Waals surface area contributed by atoms with Gasteiger partial charge >= 0.3 is 0 Å². The molecule has 0 aromatic heterocycles. The van der Waals surface area contributed by atoms with Crippen LogP contribution < -0.4 is 5.73 Å². The highest BCUT2D eigenvalue weighted by Gasteiger charge is 2.66. The number of fused-ring (bicyclic) bond motifs is 1. The van der Waals surface area contributed by atoms with Gasteiger partial charge in [-0.3, -0.25) is 0 Å². The fraction of sp³-hybridized carbons (Fsp3) is 1.00. The van der Waals surface area contributed by atoms with Crippen molar-refractivity contribution in [2.75, 3.05) is 13.2 Å². The number of hydrogen-bond acceptors (Lipinski definition) is 2. The average molecular weight is 181 g/mol. The molecule has 2 aliphatic carbocycles. The Morgan fingerprint density at radius 2 is 1.77 bits per heavy atom. The molecule has 2 heteroatoms. The summed E-state index contributed by atoms with van der Waals surface area (Å²) in [6.07, 6.45) is 8.08. The summed E-state index contributed by atoms with van der Waals surface area (Å²) in [5.74, 6) is 0. The molecule has 0 radical (unpaired) electrons. The molecule has 1 saturated heterocycles. The highest BCUT2D eigenvalue weighted by Crippen LogP contribution is 2.70. The van der Waals surface area contributed by atoms with E-state index in [2.05, 4.69) is 0 Å². The Hall–Kier alpha value is -0.0800. The van der Waals surface area contributed by atoms with E-state index < -0.39 is 0 Å². The fourth-order valence-corrected chi connectivity index (χ4v) is 4.00. The molecule has 2 saturated carbocycles. The third-order valence-corrected chi connectivity index (χ3v) is 4.92. The van der Waals surface area contributed by atoms with Gasteiger partial charge in [0.05, 0.1) is 0 Å². The average Bonchev–Trinajstić information content (AvgIpc) is 2.68. The summed E-state index contributed by atoms with van der Waals surface area (Å²) in [6, 6.07) is 0.521. The van der Waals surface area contributed by atoms with Crippen LogP contribution in [0, 0.1) is 10.8 Å². The monoisotopic (exact) mass is 181 g/mol. The lowest BCUT2D eigenvalue weighted by Gasteiger charge is -2.40. The van der Waals surface area contributed by atoms with Gasteiger partial charge in [0, 0.05) is 19.3 Å². The summed E-state index contributed by atoms with van der Waals surface area (Å²) >= 11 is 0. The summed E-state index contributed by atoms with van der Waals surface area (Å²) < 4.78 is 5.47. The second-order valence-electron chi connectivity index (χ2n) is 5.21. The normalized spacial score (nSPS) is 47.3. The number of ether oxygens (including phenoxy) is 1. The zero-order valence-electron chi connectivity index (χ0n) is 8.22. The van der Waals surface area contributed by atoms with Crippen molar-refractivity contribution < 1.29 is 4.74 Å². The first kappa shape index (κ1) is 8.25. The summed E-state index contributed by atoms with van der Waals surface area (Å²) in [6.45, 7) is 1.96. The van der Waals surface area contributed by atoms with Gasteiger partial charge in [-0.2, -0.15) is 0 Å². The first-order valence-electron chi connectivity index (χ1n) is 5.63. The second-order valence-corrected chi connectivity index (χ2v) is 5.21. The maximum absolute atomic E-state index is 6.13. The Kier molecular flexibility index (Phi) is 1.58. The smallest absolute Gasteiger partial charge is 0.0471 e. The Bertz CT molecular complexity index is 222. The van der Waals surface area contributed by atoms with Crippen molar-refractivity contribution in [1.29, 1.82) is 0 Å². The summed E-state index contributed by atoms with van der Waals surface area (Å²) in [5, 5.41) is 0. The Morgan fingerprint density at radius 1 is 1.08 bits per heavy atom. The van der Waals surface area contributed by atoms with Crippen LogP contribution in [0.1, 0.15) is 38.5 Å². The standard InChI is InChI=1S/C11H19NO/c12-9-8-11(9)3-1-2-10(11)4-6-13-7-5-10/h9H,1-8,12H2. The minimum absolute atomic E-state index is 0.521. The molecule has 2 spiro atoms. The lowest BCUT2D eigenvalue weighted by Crippen LogP contribution is -2.37. The van der Waals surface area contributed by atoms with E-state index in [4.69, 9.17) is 10.5 Å². The number of rotatable bonds is 0. The van der Waals surface area contributed by atoms with Gasteiger partial charge in [-0.25, -0.2) is 0 Å². The van der Waals surface area contributed by atoms with Gasteiger partial charge in [0.2, 0.25) is 0 Å². The molecule has 0 bridgehead atoms. The van der Waals surface area contributed by atoms with Crippen LogP contribution in [-0.4, -0.2) is 19.3 Å². The number of hydrogen-bond donors (Lipinski definition) is 1. The van der Waals surface area contributed by atoms with Crippen molar-refractivity contribution in [2.24, 2.45) is 16.6 Å². The molecule has 0 amide bonds. The van der Waals surface area contributed by atoms with E-state index in [-0.39, 0.29) is 0 Å². The van der Waals surface area contributed by atoms with Crippen LogP contribution in [0.4, 0.5) is 0 Å². The van der Waals surface area contributed by atoms with Gasteiger partial charge in [-0.15, -0.1) is 0 Å². The maximum Gasteiger partial charge on any atom is 0.0471 e. The summed E-state index contributed by atoms with van der Waals surface area (Å²) in [5.41, 5.74) is 7.30. The molecule has 1 aliphatic heterocycles. The topological polar surface area (TPSA) is 35.2 Å². The van der Waals surface area contributed by atoms with Crippen molar-refractivity contribution in [3.05, 3.63) is 0 Å². The molecule has 74 valence electrons. The van der Waals surface area contributed by atoms with Gasteiger partial charge in [-0.1, -0.05) is 6.42 Å². The molecule has 2 N–H and O–H groups in total. The number of nitrogens with two attached hydrogens (primary N) is 1. The van der Waals surface area contributed by atoms with Crippen LogP contribution in [-0.2, 0) is 4.74 Å². The first-order valence-corrected chi connectivity index (χ1v) is 5.63. The predicted octanol–water partition coefficient (Wildman–Crippen LogP) is 1.68. The van der Waals surface area contributed by atoms with Crippen LogP contribution in [0.2, 0.25) is 0 Å². The first-order chi connectivity index (χ1) is 6.29. The molecule has 0 aromatic carbocycles. The third kappa shape index (κ3) is 0.909. The highest BCUT2D eigenvalue weighted by molar-refractivity contribution is 5.19. The molecule has 2 atom stereocenters. The zero-order chi connectivity index (χ0) is 8.94. The van der Waals surface area contributed by atoms with Crippen molar-refractivity contribution in [2.45, 2.75) is 44.6 Å². The third-order valence-electron chi connectivity index (χ3n) is 4.92.